The van der Waals surface area contributed by atoms with Gasteiger partial charge in [0.2, 0.25) is 5.79 Å². The molecule has 3 heterocycles. The number of cyclic esters (lactones) is 1. The summed E-state index contributed by atoms with van der Waals surface area (Å²) in [7, 11) is 4.78. The number of allylic oxidation sites excluding steroid dienone is 6. The van der Waals surface area contributed by atoms with Crippen LogP contribution in [0.1, 0.15) is 132 Å². The molecule has 13 nitrogen and oxygen atoms in total. The van der Waals surface area contributed by atoms with Crippen LogP contribution in [-0.4, -0.2) is 126 Å². The third kappa shape index (κ3) is 14.5. The van der Waals surface area contributed by atoms with Gasteiger partial charge in [0.15, 0.2) is 0 Å². The second-order valence-corrected chi connectivity index (χ2v) is 19.7. The molecule has 0 unspecified atom stereocenters. The van der Waals surface area contributed by atoms with Gasteiger partial charge in [-0.05, 0) is 119 Å². The molecule has 2 saturated heterocycles. The van der Waals surface area contributed by atoms with Crippen molar-refractivity contribution in [2.24, 2.45) is 35.5 Å². The highest BCUT2D eigenvalue weighted by Crippen LogP contribution is 2.38. The summed E-state index contributed by atoms with van der Waals surface area (Å²) in [6.45, 7) is 13.6. The number of aliphatic hydroxyl groups is 3. The van der Waals surface area contributed by atoms with Crippen LogP contribution in [0.25, 0.3) is 0 Å². The lowest BCUT2D eigenvalue weighted by atomic mass is 9.78. The van der Waals surface area contributed by atoms with E-state index in [0.717, 1.165) is 18.4 Å². The van der Waals surface area contributed by atoms with Crippen LogP contribution >= 0.6 is 0 Å². The first kappa shape index (κ1) is 53.6. The van der Waals surface area contributed by atoms with E-state index in [0.29, 0.717) is 63.4 Å². The van der Waals surface area contributed by atoms with Crippen molar-refractivity contribution in [3.05, 3.63) is 47.6 Å². The number of nitrogens with zero attached hydrogens (tertiary/aromatic N) is 1. The Kier molecular flexibility index (Phi) is 21.1. The van der Waals surface area contributed by atoms with E-state index in [1.54, 1.807) is 48.2 Å². The summed E-state index contributed by atoms with van der Waals surface area (Å²) < 4.78 is 29.7. The van der Waals surface area contributed by atoms with Gasteiger partial charge in [-0.25, -0.2) is 4.79 Å². The van der Waals surface area contributed by atoms with Crippen molar-refractivity contribution in [1.29, 1.82) is 0 Å². The van der Waals surface area contributed by atoms with Crippen molar-refractivity contribution in [1.82, 2.24) is 4.90 Å². The minimum absolute atomic E-state index is 0.106. The fraction of sp³-hybridized carbons (Fsp3) is 0.765. The van der Waals surface area contributed by atoms with Gasteiger partial charge in [0.25, 0.3) is 11.7 Å². The molecule has 4 rings (SSSR count). The number of ketones is 2. The van der Waals surface area contributed by atoms with E-state index in [1.807, 2.05) is 38.2 Å². The normalized spacial score (nSPS) is 39.5. The number of amides is 1. The zero-order chi connectivity index (χ0) is 47.3. The van der Waals surface area contributed by atoms with Gasteiger partial charge in [-0.2, -0.15) is 0 Å². The molecule has 0 spiro atoms. The number of esters is 1. The summed E-state index contributed by atoms with van der Waals surface area (Å²) in [6.07, 6.45) is 14.3. The number of aliphatic hydroxyl groups excluding tert-OH is 2. The first-order valence-corrected chi connectivity index (χ1v) is 24.0. The molecule has 0 aromatic rings. The summed E-state index contributed by atoms with van der Waals surface area (Å²) in [5.74, 6) is -6.38. The Balaban J connectivity index is 1.68. The van der Waals surface area contributed by atoms with Crippen molar-refractivity contribution in [2.75, 3.05) is 27.9 Å². The monoisotopic (exact) mass is 900 g/mol. The Labute approximate surface area is 383 Å². The summed E-state index contributed by atoms with van der Waals surface area (Å²) >= 11 is 0. The minimum atomic E-state index is -2.40. The predicted molar refractivity (Wildman–Crippen MR) is 245 cm³/mol. The number of hydrogen-bond acceptors (Lipinski definition) is 12. The molecule has 3 fully saturated rings. The largest absolute Gasteiger partial charge is 0.460 e. The Hall–Kier alpha value is -3.04. The fourth-order valence-corrected chi connectivity index (χ4v) is 10.3. The van der Waals surface area contributed by atoms with Crippen molar-refractivity contribution in [3.8, 4) is 0 Å². The Morgan fingerprint density at radius 2 is 1.55 bits per heavy atom. The summed E-state index contributed by atoms with van der Waals surface area (Å²) in [5, 5.41) is 33.9. The molecule has 3 N–H and O–H groups in total. The Morgan fingerprint density at radius 3 is 2.23 bits per heavy atom. The quantitative estimate of drug-likeness (QED) is 0.142. The maximum Gasteiger partial charge on any atom is 0.329 e. The van der Waals surface area contributed by atoms with Crippen LogP contribution in [0.3, 0.4) is 0 Å². The van der Waals surface area contributed by atoms with Gasteiger partial charge < -0.3 is 43.9 Å². The molecular formula is C51H81NO12. The lowest BCUT2D eigenvalue weighted by Crippen LogP contribution is -2.61. The first-order chi connectivity index (χ1) is 30.3. The molecule has 1 aliphatic carbocycles. The van der Waals surface area contributed by atoms with Gasteiger partial charge >= 0.3 is 5.97 Å². The third-order valence-electron chi connectivity index (χ3n) is 14.5. The molecule has 13 heteroatoms. The molecule has 1 amide bonds. The molecule has 0 aromatic carbocycles. The number of ether oxygens (including phenoxy) is 5. The summed E-state index contributed by atoms with van der Waals surface area (Å²) in [4.78, 5) is 58.1. The van der Waals surface area contributed by atoms with Crippen LogP contribution < -0.4 is 0 Å². The van der Waals surface area contributed by atoms with Crippen LogP contribution in [0.4, 0.5) is 0 Å². The molecular weight excluding hydrogens is 819 g/mol. The zero-order valence-corrected chi connectivity index (χ0v) is 40.4. The second kappa shape index (κ2) is 25.2. The SMILES string of the molecule is CO[C@H]1C[C@@H]2CC[C@@H](C)[C@@](O)(O2)C(=O)C(=O)N2CCCC[C@H]2C(=O)O[C@H]([C@H](C)C[C@@H]2CC[C@@H](O)[C@H](OC)C2)CC(=O)[C@H](C)/C=C(\C)[C@@H](O)[C@@H](OC)C[C@H](C)C[C@H](C)/C=C/C=CC=C1C. The zero-order valence-electron chi connectivity index (χ0n) is 40.4. The topological polar surface area (TPSA) is 178 Å². The number of methoxy groups -OCH3 is 3. The highest BCUT2D eigenvalue weighted by molar-refractivity contribution is 6.39. The number of carbonyl (C=O) groups is 4. The first-order valence-electron chi connectivity index (χ1n) is 24.0. The van der Waals surface area contributed by atoms with Gasteiger partial charge in [0.05, 0.1) is 30.5 Å². The standard InChI is InChI=1S/C51H81NO12/c1-31-16-12-11-13-17-33(3)43(60-8)29-39-21-19-37(7)51(59,64-39)48(56)49(57)52-23-15-14-18-40(52)50(58)63-44(35(5)27-38-20-22-41(53)45(28-38)61-9)30-42(54)34(4)26-36(6)47(55)46(62-10)25-32(2)24-31/h11-13,16-17,26,31-32,34-35,37-41,43-47,53,55,59H,14-15,18-25,27-30H2,1-10H3/b13-11?,16-12+,33-17?,36-26+/t31-,32-,34-,35-,37-,38+,39+,40+,41-,43+,44+,45-,46+,47-,51-/m1/s1. The van der Waals surface area contributed by atoms with Crippen molar-refractivity contribution >= 4 is 23.4 Å². The van der Waals surface area contributed by atoms with Crippen molar-refractivity contribution in [2.45, 2.75) is 186 Å². The number of carbonyl (C=O) groups excluding carboxylic acids is 4. The van der Waals surface area contributed by atoms with Gasteiger partial charge in [-0.1, -0.05) is 71.1 Å². The van der Waals surface area contributed by atoms with E-state index in [1.165, 1.54) is 4.90 Å². The maximum absolute atomic E-state index is 14.4. The van der Waals surface area contributed by atoms with E-state index in [-0.39, 0.29) is 61.0 Å². The molecule has 1 saturated carbocycles. The van der Waals surface area contributed by atoms with Crippen LogP contribution in [0, 0.1) is 35.5 Å². The average Bonchev–Trinajstić information content (AvgIpc) is 3.27. The van der Waals surface area contributed by atoms with E-state index in [2.05, 4.69) is 19.9 Å². The molecule has 2 bridgehead atoms. The van der Waals surface area contributed by atoms with Crippen LogP contribution in [0.2, 0.25) is 0 Å². The predicted octanol–water partition coefficient (Wildman–Crippen LogP) is 7.00. The summed E-state index contributed by atoms with van der Waals surface area (Å²) in [5.41, 5.74) is 1.54. The number of piperidine rings is 1. The van der Waals surface area contributed by atoms with Crippen LogP contribution in [0.15, 0.2) is 47.6 Å². The lowest BCUT2D eigenvalue weighted by molar-refractivity contribution is -0.265. The van der Waals surface area contributed by atoms with Crippen LogP contribution in [-0.2, 0) is 42.9 Å². The maximum atomic E-state index is 14.4. The Morgan fingerprint density at radius 1 is 0.828 bits per heavy atom. The van der Waals surface area contributed by atoms with E-state index in [4.69, 9.17) is 23.7 Å². The number of rotatable bonds is 6. The number of hydrogen-bond donors (Lipinski definition) is 3. The van der Waals surface area contributed by atoms with Gasteiger partial charge in [0.1, 0.15) is 24.0 Å². The van der Waals surface area contributed by atoms with Crippen LogP contribution in [0.5, 0.6) is 0 Å². The molecule has 4 aliphatic rings. The highest BCUT2D eigenvalue weighted by Gasteiger charge is 2.53. The smallest absolute Gasteiger partial charge is 0.329 e. The molecule has 362 valence electrons. The third-order valence-corrected chi connectivity index (χ3v) is 14.5. The number of fused-ring (bicyclic) bond motifs is 3. The molecule has 15 atom stereocenters. The van der Waals surface area contributed by atoms with E-state index in [9.17, 15) is 34.5 Å². The van der Waals surface area contributed by atoms with E-state index >= 15 is 0 Å². The fourth-order valence-electron chi connectivity index (χ4n) is 10.3. The van der Waals surface area contributed by atoms with Crippen molar-refractivity contribution < 1.29 is 58.2 Å². The average molecular weight is 900 g/mol. The Bertz CT molecular complexity index is 1670. The number of Topliss-reactive ketones (excluding diaryl/α,β-unsaturated/α-hetero) is 2. The molecule has 64 heavy (non-hydrogen) atoms. The molecule has 3 aliphatic heterocycles. The summed E-state index contributed by atoms with van der Waals surface area (Å²) in [6, 6.07) is -1.10. The molecule has 0 aromatic heterocycles. The minimum Gasteiger partial charge on any atom is -0.460 e. The van der Waals surface area contributed by atoms with Gasteiger partial charge in [-0.15, -0.1) is 0 Å². The van der Waals surface area contributed by atoms with Gasteiger partial charge in [-0.3, -0.25) is 14.4 Å². The highest BCUT2D eigenvalue weighted by atomic mass is 16.6. The molecule has 0 radical (unpaired) electrons. The van der Waals surface area contributed by atoms with E-state index < -0.39 is 71.8 Å². The second-order valence-electron chi connectivity index (χ2n) is 19.7. The van der Waals surface area contributed by atoms with Crippen molar-refractivity contribution in [3.63, 3.8) is 0 Å². The lowest BCUT2D eigenvalue weighted by Gasteiger charge is -2.42. The van der Waals surface area contributed by atoms with Gasteiger partial charge in [0, 0.05) is 52.6 Å².